The van der Waals surface area contributed by atoms with Gasteiger partial charge in [-0.25, -0.2) is 0 Å². The van der Waals surface area contributed by atoms with Crippen molar-refractivity contribution in [2.45, 2.75) is 57.0 Å². The summed E-state index contributed by atoms with van der Waals surface area (Å²) in [5.41, 5.74) is 0.292. The number of nitrogens with one attached hydrogen (secondary N) is 1. The van der Waals surface area contributed by atoms with Crippen molar-refractivity contribution < 1.29 is 4.74 Å². The molecule has 0 aromatic rings. The molecule has 0 aromatic heterocycles. The number of hydrogen-bond acceptors (Lipinski definition) is 4. The third-order valence-electron chi connectivity index (χ3n) is 3.73. The lowest BCUT2D eigenvalue weighted by molar-refractivity contribution is 0.190. The second-order valence-electron chi connectivity index (χ2n) is 5.43. The van der Waals surface area contributed by atoms with Crippen molar-refractivity contribution in [3.63, 3.8) is 0 Å². The van der Waals surface area contributed by atoms with Gasteiger partial charge in [-0.15, -0.1) is 0 Å². The van der Waals surface area contributed by atoms with Gasteiger partial charge in [-0.05, 0) is 26.2 Å². The minimum atomic E-state index is 0.292. The van der Waals surface area contributed by atoms with Crippen LogP contribution in [0.5, 0.6) is 0 Å². The molecule has 1 heterocycles. The van der Waals surface area contributed by atoms with E-state index in [0.717, 1.165) is 23.9 Å². The molecule has 1 atom stereocenters. The molecule has 0 aromatic carbocycles. The number of amidine groups is 1. The number of ether oxygens (including phenoxy) is 1. The van der Waals surface area contributed by atoms with Crippen LogP contribution in [-0.4, -0.2) is 36.2 Å². The largest absolute Gasteiger partial charge is 0.385 e. The van der Waals surface area contributed by atoms with Gasteiger partial charge in [0.2, 0.25) is 0 Å². The standard InChI is InChI=1S/C13H24N2OS/c1-13(7-4-3-5-8-13)15-12-14-11(10-17-12)6-9-16-2/h11H,3-10H2,1-2H3,(H,14,15). The molecule has 0 spiro atoms. The molecule has 98 valence electrons. The van der Waals surface area contributed by atoms with Crippen molar-refractivity contribution in [1.82, 2.24) is 5.32 Å². The topological polar surface area (TPSA) is 33.6 Å². The molecular weight excluding hydrogens is 232 g/mol. The van der Waals surface area contributed by atoms with Crippen molar-refractivity contribution in [2.24, 2.45) is 4.99 Å². The van der Waals surface area contributed by atoms with E-state index in [0.29, 0.717) is 11.6 Å². The molecule has 1 aliphatic carbocycles. The number of thioether (sulfide) groups is 1. The van der Waals surface area contributed by atoms with Crippen molar-refractivity contribution >= 4 is 16.9 Å². The monoisotopic (exact) mass is 256 g/mol. The van der Waals surface area contributed by atoms with Gasteiger partial charge in [-0.2, -0.15) is 0 Å². The molecule has 2 rings (SSSR count). The van der Waals surface area contributed by atoms with Crippen molar-refractivity contribution in [3.05, 3.63) is 0 Å². The molecule has 17 heavy (non-hydrogen) atoms. The molecule has 1 fully saturated rings. The zero-order valence-electron chi connectivity index (χ0n) is 11.0. The predicted molar refractivity (Wildman–Crippen MR) is 74.8 cm³/mol. The van der Waals surface area contributed by atoms with Crippen LogP contribution in [0.2, 0.25) is 0 Å². The molecule has 2 aliphatic rings. The first-order chi connectivity index (χ1) is 8.22. The fraction of sp³-hybridized carbons (Fsp3) is 0.923. The van der Waals surface area contributed by atoms with Crippen LogP contribution < -0.4 is 5.32 Å². The van der Waals surface area contributed by atoms with Gasteiger partial charge < -0.3 is 10.1 Å². The number of aliphatic imine (C=N–C) groups is 1. The third kappa shape index (κ3) is 3.88. The van der Waals surface area contributed by atoms with Crippen LogP contribution in [0.25, 0.3) is 0 Å². The molecular formula is C13H24N2OS. The van der Waals surface area contributed by atoms with Crippen LogP contribution in [0, 0.1) is 0 Å². The van der Waals surface area contributed by atoms with Crippen LogP contribution in [-0.2, 0) is 4.74 Å². The van der Waals surface area contributed by atoms with E-state index in [1.54, 1.807) is 7.11 Å². The smallest absolute Gasteiger partial charge is 0.157 e. The Bertz CT molecular complexity index is 275. The van der Waals surface area contributed by atoms with Gasteiger partial charge in [0.15, 0.2) is 5.17 Å². The highest BCUT2D eigenvalue weighted by Crippen LogP contribution is 2.29. The average molecular weight is 256 g/mol. The summed E-state index contributed by atoms with van der Waals surface area (Å²) in [5, 5.41) is 4.84. The summed E-state index contributed by atoms with van der Waals surface area (Å²) in [5.74, 6) is 1.11. The summed E-state index contributed by atoms with van der Waals surface area (Å²) in [7, 11) is 1.76. The van der Waals surface area contributed by atoms with Gasteiger partial charge in [-0.1, -0.05) is 31.0 Å². The minimum Gasteiger partial charge on any atom is -0.385 e. The van der Waals surface area contributed by atoms with E-state index >= 15 is 0 Å². The number of hydrogen-bond donors (Lipinski definition) is 1. The SMILES string of the molecule is COCCC1CSC(NC2(C)CCCCC2)=N1. The normalized spacial score (nSPS) is 27.9. The van der Waals surface area contributed by atoms with Crippen LogP contribution in [0.4, 0.5) is 0 Å². The molecule has 3 nitrogen and oxygen atoms in total. The first kappa shape index (κ1) is 13.2. The Morgan fingerprint density at radius 2 is 2.18 bits per heavy atom. The predicted octanol–water partition coefficient (Wildman–Crippen LogP) is 2.81. The Kier molecular flexibility index (Phi) is 4.74. The van der Waals surface area contributed by atoms with Gasteiger partial charge in [0.1, 0.15) is 0 Å². The fourth-order valence-electron chi connectivity index (χ4n) is 2.60. The van der Waals surface area contributed by atoms with E-state index < -0.39 is 0 Å². The summed E-state index contributed by atoms with van der Waals surface area (Å²) in [4.78, 5) is 4.75. The molecule has 1 unspecified atom stereocenters. The van der Waals surface area contributed by atoms with E-state index in [4.69, 9.17) is 9.73 Å². The lowest BCUT2D eigenvalue weighted by Crippen LogP contribution is -2.45. The van der Waals surface area contributed by atoms with Crippen LogP contribution in [0.1, 0.15) is 45.4 Å². The first-order valence-electron chi connectivity index (χ1n) is 6.70. The Balaban J connectivity index is 1.82. The Hall–Kier alpha value is -0.220. The van der Waals surface area contributed by atoms with Gasteiger partial charge in [0.25, 0.3) is 0 Å². The number of rotatable bonds is 4. The van der Waals surface area contributed by atoms with E-state index in [1.165, 1.54) is 32.1 Å². The molecule has 0 saturated heterocycles. The minimum absolute atomic E-state index is 0.292. The molecule has 0 amide bonds. The molecule has 0 bridgehead atoms. The van der Waals surface area contributed by atoms with Crippen LogP contribution >= 0.6 is 11.8 Å². The Labute approximate surface area is 109 Å². The molecule has 1 aliphatic heterocycles. The zero-order chi connectivity index (χ0) is 12.1. The van der Waals surface area contributed by atoms with Gasteiger partial charge in [0.05, 0.1) is 6.04 Å². The first-order valence-corrected chi connectivity index (χ1v) is 7.68. The lowest BCUT2D eigenvalue weighted by Gasteiger charge is -2.35. The zero-order valence-corrected chi connectivity index (χ0v) is 11.8. The fourth-order valence-corrected chi connectivity index (χ4v) is 3.73. The molecule has 1 saturated carbocycles. The highest BCUT2D eigenvalue weighted by Gasteiger charge is 2.29. The maximum Gasteiger partial charge on any atom is 0.157 e. The van der Waals surface area contributed by atoms with Crippen LogP contribution in [0.15, 0.2) is 4.99 Å². The summed E-state index contributed by atoms with van der Waals surface area (Å²) in [6.07, 6.45) is 7.73. The summed E-state index contributed by atoms with van der Waals surface area (Å²) in [6.45, 7) is 3.16. The third-order valence-corrected chi connectivity index (χ3v) is 4.77. The molecule has 1 N–H and O–H groups in total. The Morgan fingerprint density at radius 1 is 1.41 bits per heavy atom. The lowest BCUT2D eigenvalue weighted by atomic mass is 9.83. The van der Waals surface area contributed by atoms with Crippen molar-refractivity contribution in [2.75, 3.05) is 19.5 Å². The second-order valence-corrected chi connectivity index (χ2v) is 6.44. The molecule has 4 heteroatoms. The molecule has 0 radical (unpaired) electrons. The van der Waals surface area contributed by atoms with Gasteiger partial charge >= 0.3 is 0 Å². The van der Waals surface area contributed by atoms with Crippen molar-refractivity contribution in [3.8, 4) is 0 Å². The summed E-state index contributed by atoms with van der Waals surface area (Å²) < 4.78 is 5.11. The van der Waals surface area contributed by atoms with E-state index in [-0.39, 0.29) is 0 Å². The summed E-state index contributed by atoms with van der Waals surface area (Å²) >= 11 is 1.88. The second kappa shape index (κ2) is 6.10. The average Bonchev–Trinajstić information content (AvgIpc) is 2.74. The number of methoxy groups -OCH3 is 1. The van der Waals surface area contributed by atoms with Crippen LogP contribution in [0.3, 0.4) is 0 Å². The van der Waals surface area contributed by atoms with Crippen molar-refractivity contribution in [1.29, 1.82) is 0 Å². The maximum atomic E-state index is 5.11. The number of nitrogens with zero attached hydrogens (tertiary/aromatic N) is 1. The van der Waals surface area contributed by atoms with Gasteiger partial charge in [0, 0.05) is 25.0 Å². The van der Waals surface area contributed by atoms with Gasteiger partial charge in [-0.3, -0.25) is 4.99 Å². The highest BCUT2D eigenvalue weighted by molar-refractivity contribution is 8.14. The van der Waals surface area contributed by atoms with E-state index in [2.05, 4.69) is 12.2 Å². The Morgan fingerprint density at radius 3 is 2.88 bits per heavy atom. The van der Waals surface area contributed by atoms with E-state index in [9.17, 15) is 0 Å². The summed E-state index contributed by atoms with van der Waals surface area (Å²) in [6, 6.07) is 0.453. The quantitative estimate of drug-likeness (QED) is 0.840. The maximum absolute atomic E-state index is 5.11. The van der Waals surface area contributed by atoms with E-state index in [1.807, 2.05) is 11.8 Å². The highest BCUT2D eigenvalue weighted by atomic mass is 32.2.